The molecule has 3 atom stereocenters. The van der Waals surface area contributed by atoms with E-state index in [4.69, 9.17) is 22.7 Å². The van der Waals surface area contributed by atoms with E-state index in [1.807, 2.05) is 0 Å². The Morgan fingerprint density at radius 2 is 2.00 bits per heavy atom. The van der Waals surface area contributed by atoms with Crippen LogP contribution in [0.15, 0.2) is 0 Å². The first-order chi connectivity index (χ1) is 9.53. The average molecular weight is 298 g/mol. The predicted molar refractivity (Wildman–Crippen MR) is 83.5 cm³/mol. The van der Waals surface area contributed by atoms with Crippen molar-refractivity contribution in [1.82, 2.24) is 5.32 Å². The Morgan fingerprint density at radius 3 is 2.40 bits per heavy atom. The van der Waals surface area contributed by atoms with E-state index in [2.05, 4.69) is 19.2 Å². The number of ether oxygens (including phenoxy) is 1. The molecule has 2 aliphatic heterocycles. The first-order valence-electron chi connectivity index (χ1n) is 7.79. The molecule has 0 saturated carbocycles. The lowest BCUT2D eigenvalue weighted by atomic mass is 9.77. The van der Waals surface area contributed by atoms with E-state index in [1.165, 1.54) is 0 Å². The second-order valence-corrected chi connectivity index (χ2v) is 6.58. The lowest BCUT2D eigenvalue weighted by Crippen LogP contribution is -2.53. The van der Waals surface area contributed by atoms with Crippen LogP contribution in [0.4, 0.5) is 0 Å². The summed E-state index contributed by atoms with van der Waals surface area (Å²) in [5.74, 6) is 0.00912. The van der Waals surface area contributed by atoms with Gasteiger partial charge in [0.15, 0.2) is 0 Å². The summed E-state index contributed by atoms with van der Waals surface area (Å²) in [6.07, 6.45) is 6.89. The molecule has 114 valence electrons. The van der Waals surface area contributed by atoms with Gasteiger partial charge in [0, 0.05) is 0 Å². The molecule has 4 nitrogen and oxygen atoms in total. The maximum Gasteiger partial charge on any atom is 0.233 e. The molecule has 0 aromatic heterocycles. The van der Waals surface area contributed by atoms with E-state index < -0.39 is 5.41 Å². The number of rotatable bonds is 7. The fraction of sp³-hybridized carbons (Fsp3) is 0.867. The fourth-order valence-electron chi connectivity index (χ4n) is 3.66. The number of fused-ring (bicyclic) bond motifs is 2. The average Bonchev–Trinajstić information content (AvgIpc) is 3.00. The number of carbonyl (C=O) groups excluding carboxylic acids is 1. The minimum atomic E-state index is -0.680. The summed E-state index contributed by atoms with van der Waals surface area (Å²) in [4.78, 5) is 13.1. The van der Waals surface area contributed by atoms with E-state index in [-0.39, 0.29) is 18.1 Å². The molecule has 0 aromatic rings. The smallest absolute Gasteiger partial charge is 0.233 e. The largest absolute Gasteiger partial charge is 0.392 e. The molecule has 2 saturated heterocycles. The molecule has 2 heterocycles. The number of nitrogens with one attached hydrogen (secondary N) is 1. The van der Waals surface area contributed by atoms with Gasteiger partial charge in [-0.05, 0) is 32.1 Å². The zero-order chi connectivity index (χ0) is 14.8. The monoisotopic (exact) mass is 298 g/mol. The number of thiocarbonyl (C=S) groups is 1. The van der Waals surface area contributed by atoms with Crippen molar-refractivity contribution in [2.75, 3.05) is 0 Å². The highest BCUT2D eigenvalue weighted by Crippen LogP contribution is 2.36. The van der Waals surface area contributed by atoms with Crippen LogP contribution in [0.25, 0.3) is 0 Å². The van der Waals surface area contributed by atoms with Crippen molar-refractivity contribution in [2.24, 2.45) is 11.1 Å². The molecule has 3 unspecified atom stereocenters. The first kappa shape index (κ1) is 15.7. The van der Waals surface area contributed by atoms with E-state index in [0.717, 1.165) is 44.9 Å². The van der Waals surface area contributed by atoms with Crippen LogP contribution in [-0.2, 0) is 9.53 Å². The van der Waals surface area contributed by atoms with E-state index in [1.54, 1.807) is 0 Å². The maximum absolute atomic E-state index is 12.8. The van der Waals surface area contributed by atoms with Crippen molar-refractivity contribution in [1.29, 1.82) is 0 Å². The van der Waals surface area contributed by atoms with Gasteiger partial charge in [0.25, 0.3) is 0 Å². The predicted octanol–water partition coefficient (Wildman–Crippen LogP) is 2.30. The Balaban J connectivity index is 2.07. The molecule has 20 heavy (non-hydrogen) atoms. The first-order valence-corrected chi connectivity index (χ1v) is 8.20. The van der Waals surface area contributed by atoms with Crippen LogP contribution in [0.3, 0.4) is 0 Å². The normalized spacial score (nSPS) is 28.6. The number of carbonyl (C=O) groups is 1. The van der Waals surface area contributed by atoms with Crippen molar-refractivity contribution in [3.05, 3.63) is 0 Å². The molecule has 2 rings (SSSR count). The highest BCUT2D eigenvalue weighted by molar-refractivity contribution is 7.80. The van der Waals surface area contributed by atoms with Gasteiger partial charge in [0.2, 0.25) is 5.91 Å². The van der Waals surface area contributed by atoms with Crippen molar-refractivity contribution in [3.63, 3.8) is 0 Å². The van der Waals surface area contributed by atoms with Crippen LogP contribution in [0.1, 0.15) is 58.8 Å². The standard InChI is InChI=1S/C15H26N2O2S/c1-3-7-15(8-4-2,13(16)20)14(18)17-11-9-10-5-6-12(11)19-10/h10-12H,3-9H2,1-2H3,(H2,16,20)(H,17,18). The van der Waals surface area contributed by atoms with Gasteiger partial charge in [0.05, 0.1) is 28.7 Å². The molecule has 3 N–H and O–H groups in total. The molecule has 2 aliphatic rings. The Labute approximate surface area is 126 Å². The molecule has 0 spiro atoms. The molecular formula is C15H26N2O2S. The van der Waals surface area contributed by atoms with Crippen molar-refractivity contribution < 1.29 is 9.53 Å². The van der Waals surface area contributed by atoms with Gasteiger partial charge in [-0.1, -0.05) is 38.9 Å². The van der Waals surface area contributed by atoms with Gasteiger partial charge in [0.1, 0.15) is 0 Å². The number of hydrogen-bond acceptors (Lipinski definition) is 3. The lowest BCUT2D eigenvalue weighted by molar-refractivity contribution is -0.129. The van der Waals surface area contributed by atoms with Crippen LogP contribution in [0.5, 0.6) is 0 Å². The van der Waals surface area contributed by atoms with Gasteiger partial charge in [-0.2, -0.15) is 0 Å². The van der Waals surface area contributed by atoms with Gasteiger partial charge in [-0.25, -0.2) is 0 Å². The fourth-order valence-corrected chi connectivity index (χ4v) is 3.96. The van der Waals surface area contributed by atoms with Gasteiger partial charge >= 0.3 is 0 Å². The molecular weight excluding hydrogens is 272 g/mol. The minimum Gasteiger partial charge on any atom is -0.392 e. The minimum absolute atomic E-state index is 0.00912. The van der Waals surface area contributed by atoms with E-state index in [9.17, 15) is 4.79 Å². The van der Waals surface area contributed by atoms with Crippen molar-refractivity contribution in [3.8, 4) is 0 Å². The number of nitrogens with two attached hydrogens (primary N) is 1. The molecule has 0 aliphatic carbocycles. The topological polar surface area (TPSA) is 64.3 Å². The highest BCUT2D eigenvalue weighted by Gasteiger charge is 2.45. The highest BCUT2D eigenvalue weighted by atomic mass is 32.1. The second kappa shape index (κ2) is 6.39. The number of amides is 1. The van der Waals surface area contributed by atoms with Gasteiger partial charge in [-0.3, -0.25) is 4.79 Å². The summed E-state index contributed by atoms with van der Waals surface area (Å²) in [7, 11) is 0. The Kier molecular flexibility index (Phi) is 5.02. The van der Waals surface area contributed by atoms with Crippen LogP contribution in [-0.4, -0.2) is 29.1 Å². The van der Waals surface area contributed by atoms with Crippen LogP contribution in [0.2, 0.25) is 0 Å². The third kappa shape index (κ3) is 2.84. The summed E-state index contributed by atoms with van der Waals surface area (Å²) in [5.41, 5.74) is 5.25. The summed E-state index contributed by atoms with van der Waals surface area (Å²) >= 11 is 5.23. The summed E-state index contributed by atoms with van der Waals surface area (Å²) in [5, 5.41) is 3.17. The molecule has 0 aromatic carbocycles. The van der Waals surface area contributed by atoms with E-state index >= 15 is 0 Å². The third-order valence-corrected chi connectivity index (χ3v) is 5.07. The zero-order valence-corrected chi connectivity index (χ0v) is 13.3. The Hall–Kier alpha value is -0.680. The van der Waals surface area contributed by atoms with Crippen LogP contribution >= 0.6 is 12.2 Å². The molecule has 2 fully saturated rings. The quantitative estimate of drug-likeness (QED) is 0.708. The lowest BCUT2D eigenvalue weighted by Gasteiger charge is -2.33. The summed E-state index contributed by atoms with van der Waals surface area (Å²) in [6.45, 7) is 4.13. The van der Waals surface area contributed by atoms with Crippen molar-refractivity contribution in [2.45, 2.75) is 77.0 Å². The Morgan fingerprint density at radius 1 is 1.35 bits per heavy atom. The van der Waals surface area contributed by atoms with Gasteiger partial charge in [-0.15, -0.1) is 0 Å². The molecule has 1 amide bonds. The SMILES string of the molecule is CCCC(CCC)(C(=O)NC1CC2CCC1O2)C(N)=S. The number of hydrogen-bond donors (Lipinski definition) is 2. The second-order valence-electron chi connectivity index (χ2n) is 6.14. The van der Waals surface area contributed by atoms with Gasteiger partial charge < -0.3 is 15.8 Å². The van der Waals surface area contributed by atoms with Crippen LogP contribution < -0.4 is 11.1 Å². The summed E-state index contributed by atoms with van der Waals surface area (Å²) < 4.78 is 5.80. The molecule has 5 heteroatoms. The maximum atomic E-state index is 12.8. The zero-order valence-electron chi connectivity index (χ0n) is 12.5. The Bertz CT molecular complexity index is 380. The molecule has 0 radical (unpaired) electrons. The molecule has 2 bridgehead atoms. The van der Waals surface area contributed by atoms with E-state index in [0.29, 0.717) is 11.1 Å². The summed E-state index contributed by atoms with van der Waals surface area (Å²) in [6, 6.07) is 0.142. The third-order valence-electron chi connectivity index (χ3n) is 4.68. The van der Waals surface area contributed by atoms with Crippen molar-refractivity contribution >= 4 is 23.1 Å². The van der Waals surface area contributed by atoms with Crippen LogP contribution in [0, 0.1) is 5.41 Å².